The number of carbonyl (C=O) groups is 3. The Morgan fingerprint density at radius 1 is 1.23 bits per heavy atom. The highest BCUT2D eigenvalue weighted by atomic mass is 35.5. The van der Waals surface area contributed by atoms with Crippen LogP contribution in [0.5, 0.6) is 0 Å². The summed E-state index contributed by atoms with van der Waals surface area (Å²) in [5, 5.41) is 3.87. The molecule has 154 valence electrons. The van der Waals surface area contributed by atoms with Crippen molar-refractivity contribution in [2.45, 2.75) is 30.5 Å². The maximum absolute atomic E-state index is 13.1. The molecule has 2 aliphatic heterocycles. The van der Waals surface area contributed by atoms with Crippen LogP contribution in [-0.4, -0.2) is 36.5 Å². The van der Waals surface area contributed by atoms with Gasteiger partial charge in [0.25, 0.3) is 0 Å². The molecule has 1 fully saturated rings. The average molecular weight is 426 g/mol. The first-order chi connectivity index (χ1) is 14.5. The Labute approximate surface area is 178 Å². The summed E-state index contributed by atoms with van der Waals surface area (Å²) < 4.78 is 11.0. The molecule has 7 heteroatoms. The molecule has 30 heavy (non-hydrogen) atoms. The van der Waals surface area contributed by atoms with Gasteiger partial charge in [0.1, 0.15) is 6.04 Å². The van der Waals surface area contributed by atoms with E-state index in [4.69, 9.17) is 21.1 Å². The Kier molecular flexibility index (Phi) is 4.45. The molecule has 2 aliphatic carbocycles. The number of hydrogen-bond donors (Lipinski definition) is 1. The summed E-state index contributed by atoms with van der Waals surface area (Å²) >= 11 is 6.03. The summed E-state index contributed by atoms with van der Waals surface area (Å²) in [6.07, 6.45) is 8.36. The van der Waals surface area contributed by atoms with Crippen LogP contribution in [-0.2, 0) is 23.9 Å². The molecule has 5 rings (SSSR count). The average Bonchev–Trinajstić information content (AvgIpc) is 3.29. The number of allylic oxidation sites excluding steroid dienone is 2. The van der Waals surface area contributed by atoms with Gasteiger partial charge in [0.05, 0.1) is 13.0 Å². The van der Waals surface area contributed by atoms with Crippen molar-refractivity contribution in [3.63, 3.8) is 0 Å². The van der Waals surface area contributed by atoms with Crippen LogP contribution in [0.3, 0.4) is 0 Å². The van der Waals surface area contributed by atoms with Gasteiger partial charge in [-0.2, -0.15) is 0 Å². The fraction of sp³-hybridized carbons (Fsp3) is 0.348. The van der Waals surface area contributed by atoms with Gasteiger partial charge in [0.2, 0.25) is 0 Å². The van der Waals surface area contributed by atoms with Crippen molar-refractivity contribution in [1.29, 1.82) is 0 Å². The second-order valence-corrected chi connectivity index (χ2v) is 8.44. The van der Waals surface area contributed by atoms with Gasteiger partial charge in [-0.15, -0.1) is 0 Å². The number of methoxy groups -OCH3 is 1. The van der Waals surface area contributed by atoms with E-state index in [0.717, 1.165) is 17.6 Å². The number of rotatable bonds is 2. The van der Waals surface area contributed by atoms with Gasteiger partial charge in [0.15, 0.2) is 11.4 Å². The fourth-order valence-electron chi connectivity index (χ4n) is 5.30. The van der Waals surface area contributed by atoms with Crippen LogP contribution in [0.1, 0.15) is 24.4 Å². The van der Waals surface area contributed by atoms with Crippen LogP contribution in [0.4, 0.5) is 0 Å². The largest absolute Gasteiger partial charge is 0.468 e. The number of benzene rings is 1. The van der Waals surface area contributed by atoms with Crippen LogP contribution in [0.2, 0.25) is 5.02 Å². The molecule has 1 aromatic rings. The highest BCUT2D eigenvalue weighted by molar-refractivity contribution is 6.30. The third-order valence-electron chi connectivity index (χ3n) is 6.57. The summed E-state index contributed by atoms with van der Waals surface area (Å²) in [5.41, 5.74) is 1.02. The van der Waals surface area contributed by atoms with Crippen molar-refractivity contribution in [3.8, 4) is 0 Å². The zero-order valence-corrected chi connectivity index (χ0v) is 17.0. The van der Waals surface area contributed by atoms with Crippen molar-refractivity contribution in [2.75, 3.05) is 7.11 Å². The molecule has 0 bridgehead atoms. The van der Waals surface area contributed by atoms with Gasteiger partial charge in [0, 0.05) is 28.1 Å². The van der Waals surface area contributed by atoms with E-state index in [-0.39, 0.29) is 11.8 Å². The number of halogens is 1. The summed E-state index contributed by atoms with van der Waals surface area (Å²) in [6, 6.07) is 5.91. The molecule has 0 saturated carbocycles. The lowest BCUT2D eigenvalue weighted by atomic mass is 9.65. The number of ketones is 1. The lowest BCUT2D eigenvalue weighted by molar-refractivity contribution is -0.156. The summed E-state index contributed by atoms with van der Waals surface area (Å²) in [6.45, 7) is 0. The maximum atomic E-state index is 13.1. The minimum atomic E-state index is -1.17. The minimum absolute atomic E-state index is 0.116. The summed E-state index contributed by atoms with van der Waals surface area (Å²) in [4.78, 5) is 38.6. The molecule has 0 radical (unpaired) electrons. The Hall–Kier alpha value is -2.70. The molecule has 1 aromatic carbocycles. The SMILES string of the molecule is COC(=O)[C@@H]1N[C@H](c2ccc(Cl)cc2)[C@@H]2C(=O)C=C[C@]3(OC(=O)C4=C3C=CCC4)[C@@H]21. The van der Waals surface area contributed by atoms with Crippen LogP contribution < -0.4 is 5.32 Å². The van der Waals surface area contributed by atoms with Crippen molar-refractivity contribution in [2.24, 2.45) is 11.8 Å². The van der Waals surface area contributed by atoms with Gasteiger partial charge in [-0.05, 0) is 42.7 Å². The fourth-order valence-corrected chi connectivity index (χ4v) is 5.42. The molecule has 2 heterocycles. The summed E-state index contributed by atoms with van der Waals surface area (Å²) in [5.74, 6) is -2.22. The van der Waals surface area contributed by atoms with Gasteiger partial charge in [-0.25, -0.2) is 4.79 Å². The van der Waals surface area contributed by atoms with Crippen LogP contribution in [0, 0.1) is 11.8 Å². The Morgan fingerprint density at radius 2 is 2.00 bits per heavy atom. The maximum Gasteiger partial charge on any atom is 0.335 e. The first-order valence-electron chi connectivity index (χ1n) is 9.92. The smallest absolute Gasteiger partial charge is 0.335 e. The van der Waals surface area contributed by atoms with Gasteiger partial charge >= 0.3 is 11.9 Å². The van der Waals surface area contributed by atoms with E-state index >= 15 is 0 Å². The Morgan fingerprint density at radius 3 is 2.73 bits per heavy atom. The van der Waals surface area contributed by atoms with E-state index < -0.39 is 35.5 Å². The number of carbonyl (C=O) groups excluding carboxylic acids is 3. The molecule has 6 nitrogen and oxygen atoms in total. The first-order valence-corrected chi connectivity index (χ1v) is 10.3. The van der Waals surface area contributed by atoms with Gasteiger partial charge in [-0.3, -0.25) is 14.9 Å². The third-order valence-corrected chi connectivity index (χ3v) is 6.82. The number of fused-ring (bicyclic) bond motifs is 3. The van der Waals surface area contributed by atoms with E-state index in [0.29, 0.717) is 17.0 Å². The monoisotopic (exact) mass is 425 g/mol. The standard InChI is InChI=1S/C23H20ClNO5/c1-29-22(28)20-18-17(19(25-20)12-6-8-13(24)9-7-12)16(26)10-11-23(18)15-5-3-2-4-14(15)21(27)30-23/h3,5-11,17-20,25H,2,4H2,1H3/t17-,18+,19-,20-,23-/m1/s1. The predicted octanol–water partition coefficient (Wildman–Crippen LogP) is 2.84. The van der Waals surface area contributed by atoms with E-state index in [2.05, 4.69) is 5.32 Å². The van der Waals surface area contributed by atoms with E-state index in [1.807, 2.05) is 24.3 Å². The molecule has 1 N–H and O–H groups in total. The van der Waals surface area contributed by atoms with Crippen LogP contribution >= 0.6 is 11.6 Å². The number of nitrogens with one attached hydrogen (secondary N) is 1. The van der Waals surface area contributed by atoms with Crippen LogP contribution in [0.15, 0.2) is 59.7 Å². The lowest BCUT2D eigenvalue weighted by Gasteiger charge is -2.40. The van der Waals surface area contributed by atoms with E-state index in [1.54, 1.807) is 18.2 Å². The molecule has 1 spiro atoms. The number of hydrogen-bond acceptors (Lipinski definition) is 6. The molecular weight excluding hydrogens is 406 g/mol. The number of esters is 2. The van der Waals surface area contributed by atoms with Crippen molar-refractivity contribution >= 4 is 29.3 Å². The molecule has 0 unspecified atom stereocenters. The second-order valence-electron chi connectivity index (χ2n) is 8.00. The molecular formula is C23H20ClNO5. The summed E-state index contributed by atoms with van der Waals surface area (Å²) in [7, 11) is 1.31. The number of ether oxygens (including phenoxy) is 2. The van der Waals surface area contributed by atoms with E-state index in [9.17, 15) is 14.4 Å². The van der Waals surface area contributed by atoms with Crippen molar-refractivity contribution in [3.05, 3.63) is 70.3 Å². The Balaban J connectivity index is 1.67. The third kappa shape index (κ3) is 2.63. The quantitative estimate of drug-likeness (QED) is 0.734. The highest BCUT2D eigenvalue weighted by Crippen LogP contribution is 2.54. The Bertz CT molecular complexity index is 1040. The van der Waals surface area contributed by atoms with Gasteiger partial charge < -0.3 is 9.47 Å². The molecule has 5 atom stereocenters. The molecule has 0 amide bonds. The van der Waals surface area contributed by atoms with Crippen molar-refractivity contribution in [1.82, 2.24) is 5.32 Å². The normalized spacial score (nSPS) is 34.2. The van der Waals surface area contributed by atoms with Gasteiger partial charge in [-0.1, -0.05) is 35.9 Å². The van der Waals surface area contributed by atoms with Crippen molar-refractivity contribution < 1.29 is 23.9 Å². The zero-order chi connectivity index (χ0) is 21.0. The van der Waals surface area contributed by atoms with Crippen LogP contribution in [0.25, 0.3) is 0 Å². The molecule has 0 aromatic heterocycles. The minimum Gasteiger partial charge on any atom is -0.468 e. The highest BCUT2D eigenvalue weighted by Gasteiger charge is 2.64. The topological polar surface area (TPSA) is 81.7 Å². The zero-order valence-electron chi connectivity index (χ0n) is 16.3. The predicted molar refractivity (Wildman–Crippen MR) is 108 cm³/mol. The molecule has 4 aliphatic rings. The second kappa shape index (κ2) is 6.93. The van der Waals surface area contributed by atoms with E-state index in [1.165, 1.54) is 13.2 Å². The molecule has 1 saturated heterocycles. The lowest BCUT2D eigenvalue weighted by Crippen LogP contribution is -2.53. The first kappa shape index (κ1) is 19.3.